The van der Waals surface area contributed by atoms with E-state index in [1.807, 2.05) is 0 Å². The summed E-state index contributed by atoms with van der Waals surface area (Å²) >= 11 is 0. The lowest BCUT2D eigenvalue weighted by atomic mass is 10.1. The molecule has 1 aromatic rings. The van der Waals surface area contributed by atoms with Gasteiger partial charge in [0.2, 0.25) is 0 Å². The SMILES string of the molecule is CCCc1c(N)ncnc1N(CC)CCCN(C)C. The molecule has 5 nitrogen and oxygen atoms in total. The zero-order chi connectivity index (χ0) is 14.3. The molecule has 0 saturated carbocycles. The van der Waals surface area contributed by atoms with Gasteiger partial charge in [0.05, 0.1) is 0 Å². The van der Waals surface area contributed by atoms with Crippen LogP contribution < -0.4 is 10.6 Å². The summed E-state index contributed by atoms with van der Waals surface area (Å²) < 4.78 is 0. The summed E-state index contributed by atoms with van der Waals surface area (Å²) in [6.07, 6.45) is 4.68. The van der Waals surface area contributed by atoms with E-state index in [-0.39, 0.29) is 0 Å². The highest BCUT2D eigenvalue weighted by molar-refractivity contribution is 5.56. The molecule has 0 radical (unpaired) electrons. The van der Waals surface area contributed by atoms with Crippen LogP contribution in [-0.4, -0.2) is 48.6 Å². The highest BCUT2D eigenvalue weighted by Gasteiger charge is 2.14. The third-order valence-corrected chi connectivity index (χ3v) is 3.17. The minimum absolute atomic E-state index is 0.623. The predicted octanol–water partition coefficient (Wildman–Crippen LogP) is 1.79. The summed E-state index contributed by atoms with van der Waals surface area (Å²) in [5, 5.41) is 0. The second-order valence-corrected chi connectivity index (χ2v) is 5.05. The van der Waals surface area contributed by atoms with E-state index in [0.29, 0.717) is 5.82 Å². The smallest absolute Gasteiger partial charge is 0.137 e. The van der Waals surface area contributed by atoms with Crippen molar-refractivity contribution in [2.45, 2.75) is 33.1 Å². The number of hydrogen-bond donors (Lipinski definition) is 1. The van der Waals surface area contributed by atoms with Gasteiger partial charge in [0.25, 0.3) is 0 Å². The molecule has 0 spiro atoms. The fourth-order valence-corrected chi connectivity index (χ4v) is 2.17. The van der Waals surface area contributed by atoms with Crippen LogP contribution in [0.4, 0.5) is 11.6 Å². The Kier molecular flexibility index (Phi) is 6.56. The molecule has 0 amide bonds. The van der Waals surface area contributed by atoms with Gasteiger partial charge in [0.15, 0.2) is 0 Å². The Morgan fingerprint density at radius 2 is 1.89 bits per heavy atom. The van der Waals surface area contributed by atoms with Crippen molar-refractivity contribution in [2.75, 3.05) is 44.4 Å². The maximum atomic E-state index is 5.99. The van der Waals surface area contributed by atoms with Crippen molar-refractivity contribution in [2.24, 2.45) is 0 Å². The second-order valence-electron chi connectivity index (χ2n) is 5.05. The average Bonchev–Trinajstić information content (AvgIpc) is 2.37. The van der Waals surface area contributed by atoms with Gasteiger partial charge in [-0.15, -0.1) is 0 Å². The molecule has 0 fully saturated rings. The minimum atomic E-state index is 0.623. The maximum absolute atomic E-state index is 5.99. The van der Waals surface area contributed by atoms with Crippen LogP contribution >= 0.6 is 0 Å². The summed E-state index contributed by atoms with van der Waals surface area (Å²) in [5.74, 6) is 1.63. The third kappa shape index (κ3) is 4.67. The Labute approximate surface area is 116 Å². The average molecular weight is 265 g/mol. The summed E-state index contributed by atoms with van der Waals surface area (Å²) in [5.41, 5.74) is 7.08. The van der Waals surface area contributed by atoms with Crippen LogP contribution in [0.5, 0.6) is 0 Å². The highest BCUT2D eigenvalue weighted by atomic mass is 15.2. The van der Waals surface area contributed by atoms with Crippen molar-refractivity contribution >= 4 is 11.6 Å². The molecule has 0 atom stereocenters. The van der Waals surface area contributed by atoms with E-state index in [1.54, 1.807) is 6.33 Å². The van der Waals surface area contributed by atoms with Crippen LogP contribution in [0.3, 0.4) is 0 Å². The first-order chi connectivity index (χ1) is 9.10. The van der Waals surface area contributed by atoms with Gasteiger partial charge in [0.1, 0.15) is 18.0 Å². The molecule has 1 rings (SSSR count). The van der Waals surface area contributed by atoms with Crippen LogP contribution in [0.25, 0.3) is 0 Å². The molecule has 19 heavy (non-hydrogen) atoms. The lowest BCUT2D eigenvalue weighted by Crippen LogP contribution is -2.29. The minimum Gasteiger partial charge on any atom is -0.383 e. The van der Waals surface area contributed by atoms with Gasteiger partial charge in [-0.05, 0) is 40.4 Å². The van der Waals surface area contributed by atoms with Gasteiger partial charge in [-0.1, -0.05) is 13.3 Å². The molecule has 1 heterocycles. The molecule has 2 N–H and O–H groups in total. The van der Waals surface area contributed by atoms with Crippen molar-refractivity contribution in [3.8, 4) is 0 Å². The van der Waals surface area contributed by atoms with Crippen LogP contribution in [0.1, 0.15) is 32.3 Å². The standard InChI is InChI=1S/C14H27N5/c1-5-8-12-13(15)16-11-17-14(12)19(6-2)10-7-9-18(3)4/h11H,5-10H2,1-4H3,(H2,15,16,17). The van der Waals surface area contributed by atoms with Crippen LogP contribution in [0.15, 0.2) is 6.33 Å². The summed E-state index contributed by atoms with van der Waals surface area (Å²) in [6, 6.07) is 0. The fourth-order valence-electron chi connectivity index (χ4n) is 2.17. The first-order valence-electron chi connectivity index (χ1n) is 7.09. The van der Waals surface area contributed by atoms with Gasteiger partial charge in [-0.25, -0.2) is 9.97 Å². The Hall–Kier alpha value is -1.36. The predicted molar refractivity (Wildman–Crippen MR) is 81.5 cm³/mol. The van der Waals surface area contributed by atoms with E-state index in [4.69, 9.17) is 5.73 Å². The third-order valence-electron chi connectivity index (χ3n) is 3.17. The number of rotatable bonds is 8. The monoisotopic (exact) mass is 265 g/mol. The highest BCUT2D eigenvalue weighted by Crippen LogP contribution is 2.23. The van der Waals surface area contributed by atoms with Gasteiger partial charge >= 0.3 is 0 Å². The first kappa shape index (κ1) is 15.7. The van der Waals surface area contributed by atoms with E-state index < -0.39 is 0 Å². The molecular formula is C14H27N5. The molecular weight excluding hydrogens is 238 g/mol. The van der Waals surface area contributed by atoms with Crippen LogP contribution in [-0.2, 0) is 6.42 Å². The van der Waals surface area contributed by atoms with Crippen molar-refractivity contribution < 1.29 is 0 Å². The molecule has 0 aliphatic carbocycles. The quantitative estimate of drug-likeness (QED) is 0.776. The number of anilines is 2. The Bertz CT molecular complexity index is 378. The first-order valence-corrected chi connectivity index (χ1v) is 7.09. The summed E-state index contributed by atoms with van der Waals surface area (Å²) in [4.78, 5) is 13.1. The number of hydrogen-bond acceptors (Lipinski definition) is 5. The van der Waals surface area contributed by atoms with Crippen LogP contribution in [0.2, 0.25) is 0 Å². The van der Waals surface area contributed by atoms with Gasteiger partial charge < -0.3 is 15.5 Å². The topological polar surface area (TPSA) is 58.3 Å². The Morgan fingerprint density at radius 3 is 2.47 bits per heavy atom. The number of nitrogen functional groups attached to an aromatic ring is 1. The lowest BCUT2D eigenvalue weighted by Gasteiger charge is -2.25. The molecule has 0 aliphatic heterocycles. The molecule has 0 aromatic carbocycles. The van der Waals surface area contributed by atoms with E-state index >= 15 is 0 Å². The maximum Gasteiger partial charge on any atom is 0.137 e. The van der Waals surface area contributed by atoms with Crippen molar-refractivity contribution in [3.05, 3.63) is 11.9 Å². The lowest BCUT2D eigenvalue weighted by molar-refractivity contribution is 0.400. The molecule has 0 unspecified atom stereocenters. The largest absolute Gasteiger partial charge is 0.383 e. The number of nitrogens with two attached hydrogens (primary N) is 1. The molecule has 5 heteroatoms. The Balaban J connectivity index is 2.82. The van der Waals surface area contributed by atoms with E-state index in [1.165, 1.54) is 0 Å². The fraction of sp³-hybridized carbons (Fsp3) is 0.714. The molecule has 0 aliphatic rings. The van der Waals surface area contributed by atoms with E-state index in [9.17, 15) is 0 Å². The van der Waals surface area contributed by atoms with E-state index in [0.717, 1.165) is 50.3 Å². The summed E-state index contributed by atoms with van der Waals surface area (Å²) in [7, 11) is 4.20. The normalized spacial score (nSPS) is 11.0. The molecule has 0 saturated heterocycles. The molecule has 108 valence electrons. The van der Waals surface area contributed by atoms with Gasteiger partial charge in [0, 0.05) is 18.7 Å². The van der Waals surface area contributed by atoms with Gasteiger partial charge in [-0.2, -0.15) is 0 Å². The molecule has 1 aromatic heterocycles. The zero-order valence-corrected chi connectivity index (χ0v) is 12.7. The van der Waals surface area contributed by atoms with Gasteiger partial charge in [-0.3, -0.25) is 0 Å². The van der Waals surface area contributed by atoms with Crippen molar-refractivity contribution in [3.63, 3.8) is 0 Å². The number of nitrogens with zero attached hydrogens (tertiary/aromatic N) is 4. The van der Waals surface area contributed by atoms with Crippen LogP contribution in [0, 0.1) is 0 Å². The number of aromatic nitrogens is 2. The summed E-state index contributed by atoms with van der Waals surface area (Å²) in [6.45, 7) is 7.34. The zero-order valence-electron chi connectivity index (χ0n) is 12.7. The molecule has 0 bridgehead atoms. The second kappa shape index (κ2) is 7.94. The Morgan fingerprint density at radius 1 is 1.16 bits per heavy atom. The van der Waals surface area contributed by atoms with Crippen molar-refractivity contribution in [1.82, 2.24) is 14.9 Å². The van der Waals surface area contributed by atoms with Crippen molar-refractivity contribution in [1.29, 1.82) is 0 Å². The van der Waals surface area contributed by atoms with E-state index in [2.05, 4.69) is 47.7 Å².